The molecule has 0 spiro atoms. The third-order valence-corrected chi connectivity index (χ3v) is 2.86. The molecule has 0 aromatic heterocycles. The summed E-state index contributed by atoms with van der Waals surface area (Å²) in [5.41, 5.74) is 2.60. The van der Waals surface area contributed by atoms with Crippen LogP contribution in [0.1, 0.15) is 18.9 Å². The summed E-state index contributed by atoms with van der Waals surface area (Å²) in [5, 5.41) is 5.59. The van der Waals surface area contributed by atoms with Crippen LogP contribution in [0.3, 0.4) is 0 Å². The van der Waals surface area contributed by atoms with Crippen molar-refractivity contribution in [3.63, 3.8) is 0 Å². The molecule has 4 heteroatoms. The van der Waals surface area contributed by atoms with Crippen LogP contribution >= 0.6 is 0 Å². The molecule has 0 radical (unpaired) electrons. The zero-order valence-electron chi connectivity index (χ0n) is 12.3. The van der Waals surface area contributed by atoms with E-state index in [0.717, 1.165) is 29.1 Å². The summed E-state index contributed by atoms with van der Waals surface area (Å²) in [5.74, 6) is 0.807. The molecule has 2 rings (SSSR count). The van der Waals surface area contributed by atoms with E-state index in [1.807, 2.05) is 55.5 Å². The third kappa shape index (κ3) is 4.84. The molecule has 0 bridgehead atoms. The van der Waals surface area contributed by atoms with Gasteiger partial charge in [-0.2, -0.15) is 0 Å². The highest BCUT2D eigenvalue weighted by atomic mass is 16.5. The number of rotatable bonds is 5. The Kier molecular flexibility index (Phi) is 5.21. The Morgan fingerprint density at radius 3 is 2.43 bits per heavy atom. The molecule has 0 aliphatic carbocycles. The highest BCUT2D eigenvalue weighted by Crippen LogP contribution is 2.16. The normalized spacial score (nSPS) is 10.0. The molecule has 110 valence electrons. The Morgan fingerprint density at radius 1 is 1.05 bits per heavy atom. The second kappa shape index (κ2) is 7.33. The summed E-state index contributed by atoms with van der Waals surface area (Å²) in [6.45, 7) is 4.74. The molecule has 4 nitrogen and oxygen atoms in total. The summed E-state index contributed by atoms with van der Waals surface area (Å²) < 4.78 is 5.50. The highest BCUT2D eigenvalue weighted by molar-refractivity contribution is 5.99. The number of hydrogen-bond acceptors (Lipinski definition) is 2. The van der Waals surface area contributed by atoms with Gasteiger partial charge >= 0.3 is 6.03 Å². The first kappa shape index (κ1) is 14.9. The molecule has 0 saturated heterocycles. The van der Waals surface area contributed by atoms with Crippen LogP contribution in [0.5, 0.6) is 5.75 Å². The van der Waals surface area contributed by atoms with Crippen molar-refractivity contribution >= 4 is 17.4 Å². The van der Waals surface area contributed by atoms with E-state index in [0.29, 0.717) is 6.61 Å². The molecular weight excluding hydrogens is 264 g/mol. The molecular formula is C17H20N2O2. The lowest BCUT2D eigenvalue weighted by Crippen LogP contribution is -2.19. The van der Waals surface area contributed by atoms with Gasteiger partial charge in [0.2, 0.25) is 0 Å². The van der Waals surface area contributed by atoms with Crippen LogP contribution in [-0.4, -0.2) is 12.6 Å². The SMILES string of the molecule is CCCOc1ccc(NC(=O)Nc2cccc(C)c2)cc1. The predicted octanol–water partition coefficient (Wildman–Crippen LogP) is 4.43. The first-order valence-electron chi connectivity index (χ1n) is 7.05. The fraction of sp³-hybridized carbons (Fsp3) is 0.235. The van der Waals surface area contributed by atoms with Gasteiger partial charge in [0.25, 0.3) is 0 Å². The molecule has 0 unspecified atom stereocenters. The maximum absolute atomic E-state index is 11.9. The summed E-state index contributed by atoms with van der Waals surface area (Å²) in [7, 11) is 0. The minimum atomic E-state index is -0.261. The molecule has 0 heterocycles. The maximum atomic E-state index is 11.9. The lowest BCUT2D eigenvalue weighted by molar-refractivity contribution is 0.262. The molecule has 0 aliphatic heterocycles. The number of ether oxygens (including phenoxy) is 1. The number of nitrogens with one attached hydrogen (secondary N) is 2. The van der Waals surface area contributed by atoms with Crippen LogP contribution in [0.4, 0.5) is 16.2 Å². The van der Waals surface area contributed by atoms with Crippen molar-refractivity contribution in [2.45, 2.75) is 20.3 Å². The second-order valence-electron chi connectivity index (χ2n) is 4.82. The summed E-state index contributed by atoms with van der Waals surface area (Å²) in [6, 6.07) is 14.7. The molecule has 0 aliphatic rings. The van der Waals surface area contributed by atoms with Gasteiger partial charge in [-0.15, -0.1) is 0 Å². The van der Waals surface area contributed by atoms with E-state index in [1.165, 1.54) is 0 Å². The van der Waals surface area contributed by atoms with Gasteiger partial charge in [-0.3, -0.25) is 0 Å². The van der Waals surface area contributed by atoms with Crippen molar-refractivity contribution in [3.05, 3.63) is 54.1 Å². The van der Waals surface area contributed by atoms with Crippen LogP contribution in [-0.2, 0) is 0 Å². The molecule has 2 N–H and O–H groups in total. The first-order chi connectivity index (χ1) is 10.2. The Bertz CT molecular complexity index is 594. The number of aryl methyl sites for hydroxylation is 1. The van der Waals surface area contributed by atoms with E-state index in [2.05, 4.69) is 17.6 Å². The average molecular weight is 284 g/mol. The minimum absolute atomic E-state index is 0.261. The van der Waals surface area contributed by atoms with Crippen molar-refractivity contribution in [1.82, 2.24) is 0 Å². The van der Waals surface area contributed by atoms with Crippen LogP contribution in [0, 0.1) is 6.92 Å². The summed E-state index contributed by atoms with van der Waals surface area (Å²) in [4.78, 5) is 11.9. The van der Waals surface area contributed by atoms with E-state index in [-0.39, 0.29) is 6.03 Å². The quantitative estimate of drug-likeness (QED) is 0.853. The van der Waals surface area contributed by atoms with E-state index in [4.69, 9.17) is 4.74 Å². The van der Waals surface area contributed by atoms with Gasteiger partial charge in [0.15, 0.2) is 0 Å². The van der Waals surface area contributed by atoms with Crippen LogP contribution in [0.2, 0.25) is 0 Å². The monoisotopic (exact) mass is 284 g/mol. The Hall–Kier alpha value is -2.49. The van der Waals surface area contributed by atoms with E-state index < -0.39 is 0 Å². The van der Waals surface area contributed by atoms with Gasteiger partial charge < -0.3 is 15.4 Å². The van der Waals surface area contributed by atoms with Crippen LogP contribution < -0.4 is 15.4 Å². The molecule has 2 amide bonds. The van der Waals surface area contributed by atoms with Crippen LogP contribution in [0.25, 0.3) is 0 Å². The largest absolute Gasteiger partial charge is 0.494 e. The van der Waals surface area contributed by atoms with Gasteiger partial charge in [-0.25, -0.2) is 4.79 Å². The lowest BCUT2D eigenvalue weighted by atomic mass is 10.2. The van der Waals surface area contributed by atoms with Gasteiger partial charge in [0.1, 0.15) is 5.75 Å². The summed E-state index contributed by atoms with van der Waals surface area (Å²) in [6.07, 6.45) is 0.971. The molecule has 2 aromatic rings. The fourth-order valence-corrected chi connectivity index (χ4v) is 1.87. The smallest absolute Gasteiger partial charge is 0.323 e. The number of anilines is 2. The third-order valence-electron chi connectivity index (χ3n) is 2.86. The standard InChI is InChI=1S/C17H20N2O2/c1-3-11-21-16-9-7-14(8-10-16)18-17(20)19-15-6-4-5-13(2)12-15/h4-10,12H,3,11H2,1-2H3,(H2,18,19,20). The van der Waals surface area contributed by atoms with Crippen molar-refractivity contribution in [1.29, 1.82) is 0 Å². The van der Waals surface area contributed by atoms with Gasteiger partial charge in [-0.05, 0) is 55.3 Å². The summed E-state index contributed by atoms with van der Waals surface area (Å²) >= 11 is 0. The number of carbonyl (C=O) groups is 1. The molecule has 0 atom stereocenters. The van der Waals surface area contributed by atoms with E-state index in [9.17, 15) is 4.79 Å². The molecule has 0 saturated carbocycles. The van der Waals surface area contributed by atoms with E-state index >= 15 is 0 Å². The van der Waals surface area contributed by atoms with E-state index in [1.54, 1.807) is 0 Å². The zero-order valence-corrected chi connectivity index (χ0v) is 12.3. The number of amides is 2. The van der Waals surface area contributed by atoms with Crippen molar-refractivity contribution in [3.8, 4) is 5.75 Å². The Balaban J connectivity index is 1.90. The molecule has 21 heavy (non-hydrogen) atoms. The number of urea groups is 1. The number of carbonyl (C=O) groups excluding carboxylic acids is 1. The van der Waals surface area contributed by atoms with Crippen LogP contribution in [0.15, 0.2) is 48.5 Å². The Labute approximate surface area is 125 Å². The second-order valence-corrected chi connectivity index (χ2v) is 4.82. The van der Waals surface area contributed by atoms with Crippen molar-refractivity contribution in [2.24, 2.45) is 0 Å². The highest BCUT2D eigenvalue weighted by Gasteiger charge is 2.03. The van der Waals surface area contributed by atoms with Gasteiger partial charge in [0.05, 0.1) is 6.61 Å². The first-order valence-corrected chi connectivity index (χ1v) is 7.05. The number of hydrogen-bond donors (Lipinski definition) is 2. The molecule has 2 aromatic carbocycles. The lowest BCUT2D eigenvalue weighted by Gasteiger charge is -2.09. The van der Waals surface area contributed by atoms with Gasteiger partial charge in [0, 0.05) is 11.4 Å². The number of benzene rings is 2. The average Bonchev–Trinajstić information content (AvgIpc) is 2.46. The van der Waals surface area contributed by atoms with Crippen molar-refractivity contribution in [2.75, 3.05) is 17.2 Å². The molecule has 0 fully saturated rings. The zero-order chi connectivity index (χ0) is 15.1. The predicted molar refractivity (Wildman–Crippen MR) is 86.0 cm³/mol. The van der Waals surface area contributed by atoms with Crippen molar-refractivity contribution < 1.29 is 9.53 Å². The fourth-order valence-electron chi connectivity index (χ4n) is 1.87. The van der Waals surface area contributed by atoms with Gasteiger partial charge in [-0.1, -0.05) is 19.1 Å². The topological polar surface area (TPSA) is 50.4 Å². The maximum Gasteiger partial charge on any atom is 0.323 e. The minimum Gasteiger partial charge on any atom is -0.494 e. The Morgan fingerprint density at radius 2 is 1.76 bits per heavy atom.